The zero-order valence-corrected chi connectivity index (χ0v) is 16.3. The van der Waals surface area contributed by atoms with Crippen molar-refractivity contribution in [3.63, 3.8) is 0 Å². The second kappa shape index (κ2) is 8.82. The molecule has 148 valence electrons. The van der Waals surface area contributed by atoms with Gasteiger partial charge in [0.15, 0.2) is 0 Å². The van der Waals surface area contributed by atoms with E-state index in [4.69, 9.17) is 0 Å². The first-order valence-electron chi connectivity index (χ1n) is 9.58. The lowest BCUT2D eigenvalue weighted by Gasteiger charge is -2.33. The first-order valence-corrected chi connectivity index (χ1v) is 9.58. The van der Waals surface area contributed by atoms with Crippen LogP contribution in [0.2, 0.25) is 0 Å². The lowest BCUT2D eigenvalue weighted by Crippen LogP contribution is -2.48. The fourth-order valence-corrected chi connectivity index (χ4v) is 3.57. The van der Waals surface area contributed by atoms with E-state index < -0.39 is 5.82 Å². The molecule has 2 N–H and O–H groups in total. The van der Waals surface area contributed by atoms with Crippen molar-refractivity contribution in [3.8, 4) is 11.1 Å². The van der Waals surface area contributed by atoms with Gasteiger partial charge in [-0.25, -0.2) is 9.38 Å². The molecule has 1 saturated heterocycles. The Morgan fingerprint density at radius 2 is 2.36 bits per heavy atom. The second-order valence-electron chi connectivity index (χ2n) is 6.86. The van der Waals surface area contributed by atoms with Gasteiger partial charge in [-0.15, -0.1) is 0 Å². The van der Waals surface area contributed by atoms with E-state index in [1.165, 1.54) is 12.3 Å². The van der Waals surface area contributed by atoms with Gasteiger partial charge in [0.05, 0.1) is 6.20 Å². The molecule has 0 saturated carbocycles. The molecule has 3 rings (SSSR count). The molecular formula is C21H26FN5O. The summed E-state index contributed by atoms with van der Waals surface area (Å²) < 4.78 is 13.7. The number of nitrogens with zero attached hydrogens (tertiary/aromatic N) is 3. The Bertz CT molecular complexity index is 981. The summed E-state index contributed by atoms with van der Waals surface area (Å²) >= 11 is 0. The van der Waals surface area contributed by atoms with Crippen molar-refractivity contribution in [1.29, 1.82) is 0 Å². The van der Waals surface area contributed by atoms with Gasteiger partial charge in [-0.3, -0.25) is 9.78 Å². The van der Waals surface area contributed by atoms with Crippen molar-refractivity contribution in [3.05, 3.63) is 41.0 Å². The van der Waals surface area contributed by atoms with E-state index in [1.54, 1.807) is 18.6 Å². The van der Waals surface area contributed by atoms with E-state index in [9.17, 15) is 9.18 Å². The number of likely N-dealkylation sites (tertiary alicyclic amines) is 1. The molecule has 2 aromatic heterocycles. The molecule has 1 amide bonds. The van der Waals surface area contributed by atoms with Crippen molar-refractivity contribution in [2.45, 2.75) is 39.2 Å². The normalized spacial score (nSPS) is 18.4. The van der Waals surface area contributed by atoms with Crippen molar-refractivity contribution >= 4 is 24.5 Å². The molecule has 1 aliphatic rings. The van der Waals surface area contributed by atoms with E-state index in [-0.39, 0.29) is 11.9 Å². The fourth-order valence-electron chi connectivity index (χ4n) is 3.57. The number of aliphatic imine (C=N–C) groups is 1. The Morgan fingerprint density at radius 3 is 3.07 bits per heavy atom. The van der Waals surface area contributed by atoms with Gasteiger partial charge in [-0.2, -0.15) is 0 Å². The van der Waals surface area contributed by atoms with Crippen LogP contribution in [0.5, 0.6) is 0 Å². The number of aromatic nitrogens is 2. The maximum Gasteiger partial charge on any atom is 0.222 e. The summed E-state index contributed by atoms with van der Waals surface area (Å²) in [5.74, 6) is 0.423. The molecule has 6 nitrogen and oxygen atoms in total. The summed E-state index contributed by atoms with van der Waals surface area (Å²) in [6, 6.07) is 1.53. The van der Waals surface area contributed by atoms with E-state index in [0.717, 1.165) is 30.2 Å². The first kappa shape index (κ1) is 19.8. The monoisotopic (exact) mass is 383 g/mol. The molecule has 28 heavy (non-hydrogen) atoms. The Morgan fingerprint density at radius 1 is 1.54 bits per heavy atom. The van der Waals surface area contributed by atoms with Crippen LogP contribution in [-0.4, -0.2) is 46.1 Å². The van der Waals surface area contributed by atoms with Crippen LogP contribution in [-0.2, 0) is 4.79 Å². The molecule has 1 atom stereocenters. The number of carbonyl (C=O) groups is 1. The molecular weight excluding hydrogens is 357 g/mol. The molecule has 3 heterocycles. The SMILES string of the molecule is C=c1[nH]cc(-c2cncc(F)c2)/c1=C(/N=CC)N[C@@H]1CCCN(C(=O)CC)C1. The van der Waals surface area contributed by atoms with Crippen LogP contribution in [0.15, 0.2) is 29.6 Å². The third-order valence-electron chi connectivity index (χ3n) is 4.89. The number of pyridine rings is 1. The van der Waals surface area contributed by atoms with Gasteiger partial charge in [0, 0.05) is 65.9 Å². The predicted molar refractivity (Wildman–Crippen MR) is 109 cm³/mol. The van der Waals surface area contributed by atoms with Gasteiger partial charge in [0.25, 0.3) is 0 Å². The zero-order valence-electron chi connectivity index (χ0n) is 16.3. The van der Waals surface area contributed by atoms with Gasteiger partial charge in [-0.05, 0) is 25.8 Å². The fraction of sp³-hybridized carbons (Fsp3) is 0.381. The van der Waals surface area contributed by atoms with Gasteiger partial charge in [-0.1, -0.05) is 13.5 Å². The highest BCUT2D eigenvalue weighted by Crippen LogP contribution is 2.16. The highest BCUT2D eigenvalue weighted by molar-refractivity contribution is 5.76. The number of H-pyrrole nitrogens is 1. The quantitative estimate of drug-likeness (QED) is 0.773. The molecule has 0 bridgehead atoms. The molecule has 1 aliphatic heterocycles. The smallest absolute Gasteiger partial charge is 0.222 e. The molecule has 7 heteroatoms. The number of halogens is 1. The van der Waals surface area contributed by atoms with Crippen molar-refractivity contribution in [2.75, 3.05) is 13.1 Å². The maximum absolute atomic E-state index is 13.7. The minimum Gasteiger partial charge on any atom is -0.365 e. The van der Waals surface area contributed by atoms with Crippen LogP contribution in [0.4, 0.5) is 4.39 Å². The summed E-state index contributed by atoms with van der Waals surface area (Å²) in [5.41, 5.74) is 1.43. The van der Waals surface area contributed by atoms with Crippen molar-refractivity contribution in [2.24, 2.45) is 4.99 Å². The average Bonchev–Trinajstić information content (AvgIpc) is 3.08. The lowest BCUT2D eigenvalue weighted by atomic mass is 10.0. The Kier molecular flexibility index (Phi) is 6.23. The minimum atomic E-state index is -0.398. The molecule has 0 aliphatic carbocycles. The van der Waals surface area contributed by atoms with E-state index in [0.29, 0.717) is 29.7 Å². The average molecular weight is 383 g/mol. The Balaban J connectivity index is 2.00. The molecule has 0 unspecified atom stereocenters. The molecule has 0 spiro atoms. The topological polar surface area (TPSA) is 73.4 Å². The molecule has 2 aromatic rings. The van der Waals surface area contributed by atoms with Crippen LogP contribution in [0, 0.1) is 5.82 Å². The highest BCUT2D eigenvalue weighted by atomic mass is 19.1. The lowest BCUT2D eigenvalue weighted by molar-refractivity contribution is -0.132. The van der Waals surface area contributed by atoms with Crippen LogP contribution >= 0.6 is 0 Å². The van der Waals surface area contributed by atoms with Crippen molar-refractivity contribution in [1.82, 2.24) is 20.2 Å². The second-order valence-corrected chi connectivity index (χ2v) is 6.86. The highest BCUT2D eigenvalue weighted by Gasteiger charge is 2.23. The van der Waals surface area contributed by atoms with Crippen LogP contribution < -0.4 is 15.9 Å². The van der Waals surface area contributed by atoms with Crippen LogP contribution in [0.1, 0.15) is 33.1 Å². The number of aromatic amines is 1. The minimum absolute atomic E-state index is 0.0933. The van der Waals surface area contributed by atoms with E-state index >= 15 is 0 Å². The van der Waals surface area contributed by atoms with Crippen LogP contribution in [0.25, 0.3) is 23.5 Å². The summed E-state index contributed by atoms with van der Waals surface area (Å²) in [6.07, 6.45) is 8.69. The third-order valence-corrected chi connectivity index (χ3v) is 4.89. The standard InChI is InChI=1S/C21H26FN5O/c1-4-19(28)27-8-6-7-17(13-27)26-21(24-5-2)20-14(3)25-12-18(20)15-9-16(22)11-23-10-15/h5,9-12,17,25-26H,3-4,6-8,13H2,1-2H3/b21-20-,24-5?/t17-/m1/s1. The first-order chi connectivity index (χ1) is 13.5. The van der Waals surface area contributed by atoms with Gasteiger partial charge in [0.2, 0.25) is 5.91 Å². The Hall–Kier alpha value is -2.96. The number of hydrogen-bond acceptors (Lipinski definition) is 4. The summed E-state index contributed by atoms with van der Waals surface area (Å²) in [4.78, 5) is 25.6. The van der Waals surface area contributed by atoms with Crippen LogP contribution in [0.3, 0.4) is 0 Å². The molecule has 1 fully saturated rings. The number of amides is 1. The summed E-state index contributed by atoms with van der Waals surface area (Å²) in [6.45, 7) is 9.23. The molecule has 0 aromatic carbocycles. The predicted octanol–water partition coefficient (Wildman–Crippen LogP) is 1.77. The van der Waals surface area contributed by atoms with Gasteiger partial charge >= 0.3 is 0 Å². The number of hydrogen-bond donors (Lipinski definition) is 2. The van der Waals surface area contributed by atoms with E-state index in [1.807, 2.05) is 18.7 Å². The van der Waals surface area contributed by atoms with Gasteiger partial charge in [0.1, 0.15) is 11.6 Å². The summed E-state index contributed by atoms with van der Waals surface area (Å²) in [5, 5.41) is 4.95. The number of nitrogens with one attached hydrogen (secondary N) is 2. The largest absolute Gasteiger partial charge is 0.365 e. The Labute approximate surface area is 163 Å². The summed E-state index contributed by atoms with van der Waals surface area (Å²) in [7, 11) is 0. The molecule has 0 radical (unpaired) electrons. The number of rotatable bonds is 5. The number of piperidine rings is 1. The van der Waals surface area contributed by atoms with Crippen molar-refractivity contribution < 1.29 is 9.18 Å². The van der Waals surface area contributed by atoms with Gasteiger partial charge < -0.3 is 15.2 Å². The maximum atomic E-state index is 13.7. The number of carbonyl (C=O) groups excluding carboxylic acids is 1. The third kappa shape index (κ3) is 4.30. The zero-order chi connectivity index (χ0) is 20.1. The van der Waals surface area contributed by atoms with E-state index in [2.05, 4.69) is 26.9 Å².